The van der Waals surface area contributed by atoms with Crippen LogP contribution in [0.2, 0.25) is 0 Å². The van der Waals surface area contributed by atoms with Gasteiger partial charge >= 0.3 is 0 Å². The number of halogens is 1. The predicted octanol–water partition coefficient (Wildman–Crippen LogP) is 2.90. The van der Waals surface area contributed by atoms with Crippen LogP contribution in [0.5, 0.6) is 0 Å². The summed E-state index contributed by atoms with van der Waals surface area (Å²) < 4.78 is 1.96. The van der Waals surface area contributed by atoms with Crippen molar-refractivity contribution in [2.24, 2.45) is 4.99 Å². The number of hydrogen-bond donors (Lipinski definition) is 1. The van der Waals surface area contributed by atoms with Crippen molar-refractivity contribution >= 4 is 29.9 Å². The van der Waals surface area contributed by atoms with Crippen molar-refractivity contribution in [3.05, 3.63) is 53.3 Å². The number of hydrogen-bond acceptors (Lipinski definition) is 3. The van der Waals surface area contributed by atoms with Gasteiger partial charge in [-0.05, 0) is 31.9 Å². The molecular weight excluding hydrogens is 463 g/mol. The summed E-state index contributed by atoms with van der Waals surface area (Å²) in [6, 6.07) is 8.82. The number of guanidine groups is 1. The van der Waals surface area contributed by atoms with Gasteiger partial charge in [-0.25, -0.2) is 0 Å². The highest BCUT2D eigenvalue weighted by atomic mass is 127. The molecule has 0 spiro atoms. The highest BCUT2D eigenvalue weighted by Crippen LogP contribution is 2.10. The molecule has 1 aromatic carbocycles. The molecule has 3 rings (SSSR count). The number of rotatable bonds is 6. The topological polar surface area (TPSA) is 48.7 Å². The van der Waals surface area contributed by atoms with Gasteiger partial charge < -0.3 is 10.2 Å². The predicted molar refractivity (Wildman–Crippen MR) is 126 cm³/mol. The number of nitrogens with zero attached hydrogens (tertiary/aromatic N) is 5. The van der Waals surface area contributed by atoms with Gasteiger partial charge in [-0.15, -0.1) is 24.0 Å². The Kier molecular flexibility index (Phi) is 9.24. The molecule has 0 radical (unpaired) electrons. The van der Waals surface area contributed by atoms with E-state index in [1.165, 1.54) is 16.7 Å². The minimum Gasteiger partial charge on any atom is -0.357 e. The van der Waals surface area contributed by atoms with E-state index in [0.717, 1.165) is 58.3 Å². The van der Waals surface area contributed by atoms with Crippen LogP contribution in [0.4, 0.5) is 0 Å². The van der Waals surface area contributed by atoms with Crippen molar-refractivity contribution in [1.82, 2.24) is 24.9 Å². The van der Waals surface area contributed by atoms with E-state index in [1.807, 2.05) is 10.9 Å². The fraction of sp³-hybridized carbons (Fsp3) is 0.524. The summed E-state index contributed by atoms with van der Waals surface area (Å²) in [4.78, 5) is 9.72. The maximum Gasteiger partial charge on any atom is 0.194 e. The van der Waals surface area contributed by atoms with Crippen molar-refractivity contribution in [2.75, 3.05) is 39.3 Å². The van der Waals surface area contributed by atoms with E-state index in [1.54, 1.807) is 0 Å². The lowest BCUT2D eigenvalue weighted by Crippen LogP contribution is -2.52. The molecule has 1 fully saturated rings. The van der Waals surface area contributed by atoms with Crippen LogP contribution < -0.4 is 5.32 Å². The third-order valence-corrected chi connectivity index (χ3v) is 4.85. The fourth-order valence-electron chi connectivity index (χ4n) is 3.46. The molecule has 0 unspecified atom stereocenters. The smallest absolute Gasteiger partial charge is 0.194 e. The quantitative estimate of drug-likeness (QED) is 0.380. The van der Waals surface area contributed by atoms with Gasteiger partial charge in [0.05, 0.1) is 19.3 Å². The van der Waals surface area contributed by atoms with Crippen LogP contribution in [0.25, 0.3) is 0 Å². The van der Waals surface area contributed by atoms with Crippen molar-refractivity contribution in [3.8, 4) is 0 Å². The monoisotopic (exact) mass is 496 g/mol. The Labute approximate surface area is 186 Å². The van der Waals surface area contributed by atoms with Gasteiger partial charge in [0.25, 0.3) is 0 Å². The molecule has 0 aliphatic carbocycles. The lowest BCUT2D eigenvalue weighted by Gasteiger charge is -2.36. The average Bonchev–Trinajstić information content (AvgIpc) is 3.07. The fourth-order valence-corrected chi connectivity index (χ4v) is 3.46. The number of piperazine rings is 1. The molecule has 1 aliphatic rings. The zero-order chi connectivity index (χ0) is 19.1. The molecule has 0 bridgehead atoms. The minimum atomic E-state index is 0. The van der Waals surface area contributed by atoms with E-state index in [2.05, 4.69) is 71.4 Å². The first-order chi connectivity index (χ1) is 13.1. The standard InChI is InChI=1S/C21H32N6.HI/c1-4-22-21(23-8-9-27-16-19(3)15-24-27)26-12-10-25(11-13-26)17-20-7-5-6-18(2)14-20;/h5-7,14-16H,4,8-13,17H2,1-3H3,(H,22,23);1H. The molecule has 1 saturated heterocycles. The number of nitrogens with one attached hydrogen (secondary N) is 1. The molecule has 0 saturated carbocycles. The molecule has 28 heavy (non-hydrogen) atoms. The van der Waals surface area contributed by atoms with Gasteiger partial charge in [0.2, 0.25) is 0 Å². The average molecular weight is 496 g/mol. The molecule has 1 aromatic heterocycles. The minimum absolute atomic E-state index is 0. The SMILES string of the molecule is CCNC(=NCCn1cc(C)cn1)N1CCN(Cc2cccc(C)c2)CC1.I. The van der Waals surface area contributed by atoms with Gasteiger partial charge in [-0.2, -0.15) is 5.10 Å². The Morgan fingerprint density at radius 3 is 2.57 bits per heavy atom. The van der Waals surface area contributed by atoms with Gasteiger partial charge in [0, 0.05) is 45.5 Å². The Bertz CT molecular complexity index is 749. The van der Waals surface area contributed by atoms with Crippen molar-refractivity contribution < 1.29 is 0 Å². The van der Waals surface area contributed by atoms with Gasteiger partial charge in [-0.1, -0.05) is 29.8 Å². The normalized spacial score (nSPS) is 15.4. The maximum atomic E-state index is 4.81. The highest BCUT2D eigenvalue weighted by Gasteiger charge is 2.19. The third-order valence-electron chi connectivity index (χ3n) is 4.85. The highest BCUT2D eigenvalue weighted by molar-refractivity contribution is 14.0. The Hall–Kier alpha value is -1.61. The van der Waals surface area contributed by atoms with E-state index >= 15 is 0 Å². The van der Waals surface area contributed by atoms with E-state index in [0.29, 0.717) is 0 Å². The van der Waals surface area contributed by atoms with Crippen LogP contribution in [-0.2, 0) is 13.1 Å². The summed E-state index contributed by atoms with van der Waals surface area (Å²) in [5, 5.41) is 7.78. The van der Waals surface area contributed by atoms with E-state index in [-0.39, 0.29) is 24.0 Å². The molecule has 6 nitrogen and oxygen atoms in total. The zero-order valence-electron chi connectivity index (χ0n) is 17.3. The second-order valence-electron chi connectivity index (χ2n) is 7.27. The summed E-state index contributed by atoms with van der Waals surface area (Å²) in [7, 11) is 0. The van der Waals surface area contributed by atoms with Gasteiger partial charge in [-0.3, -0.25) is 14.6 Å². The van der Waals surface area contributed by atoms with Crippen LogP contribution in [0.15, 0.2) is 41.7 Å². The van der Waals surface area contributed by atoms with Gasteiger partial charge in [0.15, 0.2) is 5.96 Å². The second kappa shape index (κ2) is 11.4. The third kappa shape index (κ3) is 6.77. The summed E-state index contributed by atoms with van der Waals surface area (Å²) in [6.45, 7) is 14.0. The van der Waals surface area contributed by atoms with Crippen LogP contribution in [0.3, 0.4) is 0 Å². The Morgan fingerprint density at radius 1 is 1.14 bits per heavy atom. The molecule has 1 N–H and O–H groups in total. The number of aryl methyl sites for hydroxylation is 2. The van der Waals surface area contributed by atoms with E-state index in [4.69, 9.17) is 4.99 Å². The molecule has 1 aliphatic heterocycles. The Morgan fingerprint density at radius 2 is 1.93 bits per heavy atom. The lowest BCUT2D eigenvalue weighted by molar-refractivity contribution is 0.172. The van der Waals surface area contributed by atoms with Gasteiger partial charge in [0.1, 0.15) is 0 Å². The molecular formula is C21H33IN6. The molecule has 2 aromatic rings. The number of aromatic nitrogens is 2. The first-order valence-electron chi connectivity index (χ1n) is 9.94. The van der Waals surface area contributed by atoms with E-state index < -0.39 is 0 Å². The molecule has 0 amide bonds. The molecule has 7 heteroatoms. The molecule has 154 valence electrons. The van der Waals surface area contributed by atoms with Crippen LogP contribution in [0, 0.1) is 13.8 Å². The summed E-state index contributed by atoms with van der Waals surface area (Å²) >= 11 is 0. The van der Waals surface area contributed by atoms with Crippen LogP contribution in [-0.4, -0.2) is 64.8 Å². The summed E-state index contributed by atoms with van der Waals surface area (Å²) in [5.74, 6) is 1.02. The van der Waals surface area contributed by atoms with Crippen molar-refractivity contribution in [2.45, 2.75) is 33.9 Å². The van der Waals surface area contributed by atoms with E-state index in [9.17, 15) is 0 Å². The number of benzene rings is 1. The van der Waals surface area contributed by atoms with Crippen LogP contribution >= 0.6 is 24.0 Å². The molecule has 2 heterocycles. The van der Waals surface area contributed by atoms with Crippen molar-refractivity contribution in [3.63, 3.8) is 0 Å². The lowest BCUT2D eigenvalue weighted by atomic mass is 10.1. The largest absolute Gasteiger partial charge is 0.357 e. The first-order valence-corrected chi connectivity index (χ1v) is 9.94. The van der Waals surface area contributed by atoms with Crippen LogP contribution in [0.1, 0.15) is 23.6 Å². The number of aliphatic imine (C=N–C) groups is 1. The molecule has 0 atom stereocenters. The summed E-state index contributed by atoms with van der Waals surface area (Å²) in [5.41, 5.74) is 3.93. The first kappa shape index (κ1) is 22.7. The summed E-state index contributed by atoms with van der Waals surface area (Å²) in [6.07, 6.45) is 3.95. The maximum absolute atomic E-state index is 4.81. The van der Waals surface area contributed by atoms with Crippen molar-refractivity contribution in [1.29, 1.82) is 0 Å². The zero-order valence-corrected chi connectivity index (χ0v) is 19.6. The second-order valence-corrected chi connectivity index (χ2v) is 7.27. The Balaban J connectivity index is 0.00000280.